The van der Waals surface area contributed by atoms with Gasteiger partial charge in [-0.15, -0.1) is 0 Å². The van der Waals surface area contributed by atoms with Gasteiger partial charge in [0, 0.05) is 32.8 Å². The lowest BCUT2D eigenvalue weighted by atomic mass is 10.2. The van der Waals surface area contributed by atoms with E-state index in [-0.39, 0.29) is 24.3 Å². The number of rotatable bonds is 5. The fourth-order valence-corrected chi connectivity index (χ4v) is 2.05. The van der Waals surface area contributed by atoms with E-state index in [9.17, 15) is 22.8 Å². The molecule has 0 aliphatic rings. The Morgan fingerprint density at radius 1 is 1.13 bits per heavy atom. The van der Waals surface area contributed by atoms with Crippen LogP contribution in [0.4, 0.5) is 10.5 Å². The minimum absolute atomic E-state index is 0.0998. The Labute approximate surface area is 179 Å². The second kappa shape index (κ2) is 11.6. The molecule has 0 saturated heterocycles. The van der Waals surface area contributed by atoms with Gasteiger partial charge in [0.05, 0.1) is 6.26 Å². The van der Waals surface area contributed by atoms with Crippen molar-refractivity contribution in [2.75, 3.05) is 25.7 Å². The molecule has 0 spiro atoms. The van der Waals surface area contributed by atoms with Gasteiger partial charge in [-0.1, -0.05) is 0 Å². The predicted molar refractivity (Wildman–Crippen MR) is 110 cm³/mol. The third-order valence-corrected chi connectivity index (χ3v) is 3.22. The molecule has 1 aromatic carbocycles. The van der Waals surface area contributed by atoms with E-state index >= 15 is 0 Å². The Morgan fingerprint density at radius 2 is 1.71 bits per heavy atom. The van der Waals surface area contributed by atoms with Crippen LogP contribution in [0.2, 0.25) is 0 Å². The lowest BCUT2D eigenvalue weighted by molar-refractivity contribution is -0.727. The van der Waals surface area contributed by atoms with E-state index in [2.05, 4.69) is 5.32 Å². The number of nitrogens with zero attached hydrogens (tertiary/aromatic N) is 2. The normalized spacial score (nSPS) is 10.2. The van der Waals surface area contributed by atoms with Crippen molar-refractivity contribution in [2.45, 2.75) is 13.7 Å². The van der Waals surface area contributed by atoms with E-state index in [1.807, 2.05) is 0 Å². The van der Waals surface area contributed by atoms with Crippen molar-refractivity contribution in [3.63, 3.8) is 0 Å². The van der Waals surface area contributed by atoms with Crippen molar-refractivity contribution in [1.82, 2.24) is 4.90 Å². The van der Waals surface area contributed by atoms with E-state index < -0.39 is 16.3 Å². The van der Waals surface area contributed by atoms with Crippen molar-refractivity contribution in [3.05, 3.63) is 54.4 Å². The van der Waals surface area contributed by atoms with Crippen LogP contribution in [0.3, 0.4) is 0 Å². The molecular weight excluding hydrogens is 430 g/mol. The Hall–Kier alpha value is -3.51. The molecule has 2 rings (SSSR count). The maximum absolute atomic E-state index is 11.9. The highest BCUT2D eigenvalue weighted by Crippen LogP contribution is 2.16. The Balaban J connectivity index is 0.000000861. The van der Waals surface area contributed by atoms with Gasteiger partial charge >= 0.3 is 6.16 Å². The summed E-state index contributed by atoms with van der Waals surface area (Å²) in [5, 5.41) is 2.61. The number of pyridine rings is 1. The van der Waals surface area contributed by atoms with Crippen LogP contribution in [0, 0.1) is 0 Å². The van der Waals surface area contributed by atoms with Crippen molar-refractivity contribution < 1.29 is 41.4 Å². The van der Waals surface area contributed by atoms with Crippen molar-refractivity contribution >= 4 is 33.8 Å². The van der Waals surface area contributed by atoms with Crippen LogP contribution in [-0.2, 0) is 26.4 Å². The van der Waals surface area contributed by atoms with Crippen LogP contribution in [0.5, 0.6) is 5.75 Å². The van der Waals surface area contributed by atoms with Crippen LogP contribution in [0.1, 0.15) is 17.3 Å². The number of anilines is 1. The first-order valence-electron chi connectivity index (χ1n) is 8.70. The van der Waals surface area contributed by atoms with Crippen LogP contribution in [0.25, 0.3) is 0 Å². The highest BCUT2D eigenvalue weighted by atomic mass is 32.2. The van der Waals surface area contributed by atoms with Crippen LogP contribution < -0.4 is 14.6 Å². The standard InChI is InChI=1S/C18H19N3O5.CH4O3S/c1-13(22)19-15-6-8-16(9-7-15)26-18(24)25-12-21-10-4-5-14(11-21)17(23)20(2)3;1-5(2,3)4/h4-11H,12H2,1-3H3;1H3,(H,2,3,4)/p+1. The molecule has 0 aliphatic heterocycles. The number of aromatic nitrogens is 1. The zero-order valence-electron chi connectivity index (χ0n) is 17.4. The van der Waals surface area contributed by atoms with Crippen LogP contribution >= 0.6 is 0 Å². The zero-order valence-corrected chi connectivity index (χ0v) is 18.3. The molecule has 2 amide bonds. The fraction of sp³-hybridized carbons (Fsp3) is 0.263. The summed E-state index contributed by atoms with van der Waals surface area (Å²) < 4.78 is 37.5. The van der Waals surface area contributed by atoms with E-state index in [0.29, 0.717) is 17.5 Å². The Kier molecular flexibility index (Phi) is 9.57. The van der Waals surface area contributed by atoms with Crippen molar-refractivity contribution in [1.29, 1.82) is 0 Å². The molecule has 168 valence electrons. The highest BCUT2D eigenvalue weighted by molar-refractivity contribution is 7.85. The van der Waals surface area contributed by atoms with E-state index in [1.54, 1.807) is 55.3 Å². The zero-order chi connectivity index (χ0) is 23.6. The third kappa shape index (κ3) is 11.3. The number of carbonyl (C=O) groups excluding carboxylic acids is 3. The van der Waals surface area contributed by atoms with Crippen molar-refractivity contribution in [3.8, 4) is 5.75 Å². The summed E-state index contributed by atoms with van der Waals surface area (Å²) in [7, 11) is -0.352. The molecule has 2 N–H and O–H groups in total. The quantitative estimate of drug-likeness (QED) is 0.298. The van der Waals surface area contributed by atoms with Gasteiger partial charge in [0.25, 0.3) is 22.8 Å². The predicted octanol–water partition coefficient (Wildman–Crippen LogP) is 1.31. The first kappa shape index (κ1) is 25.5. The molecule has 1 heterocycles. The maximum atomic E-state index is 11.9. The molecule has 11 nitrogen and oxygen atoms in total. The summed E-state index contributed by atoms with van der Waals surface area (Å²) in [6.45, 7) is 1.30. The Morgan fingerprint density at radius 3 is 2.23 bits per heavy atom. The first-order chi connectivity index (χ1) is 14.3. The summed E-state index contributed by atoms with van der Waals surface area (Å²) in [6, 6.07) is 9.65. The van der Waals surface area contributed by atoms with Crippen molar-refractivity contribution in [2.24, 2.45) is 0 Å². The molecule has 0 radical (unpaired) electrons. The molecule has 1 aromatic heterocycles. The van der Waals surface area contributed by atoms with Crippen LogP contribution in [-0.4, -0.2) is 56.2 Å². The van der Waals surface area contributed by atoms with Gasteiger partial charge in [0.1, 0.15) is 11.3 Å². The third-order valence-electron chi connectivity index (χ3n) is 3.22. The molecule has 0 fully saturated rings. The number of nitrogens with one attached hydrogen (secondary N) is 1. The molecule has 12 heteroatoms. The average Bonchev–Trinajstić information content (AvgIpc) is 2.66. The van der Waals surface area contributed by atoms with E-state index in [4.69, 9.17) is 14.0 Å². The van der Waals surface area contributed by atoms with E-state index in [1.165, 1.54) is 24.0 Å². The number of hydrogen-bond acceptors (Lipinski definition) is 7. The molecule has 0 aliphatic carbocycles. The average molecular weight is 454 g/mol. The van der Waals surface area contributed by atoms with Gasteiger partial charge in [-0.3, -0.25) is 14.1 Å². The summed E-state index contributed by atoms with van der Waals surface area (Å²) in [4.78, 5) is 36.1. The number of carbonyl (C=O) groups is 3. The highest BCUT2D eigenvalue weighted by Gasteiger charge is 2.14. The second-order valence-electron chi connectivity index (χ2n) is 6.37. The largest absolute Gasteiger partial charge is 0.518 e. The minimum atomic E-state index is -3.67. The number of amides is 2. The lowest BCUT2D eigenvalue weighted by Crippen LogP contribution is -2.37. The van der Waals surface area contributed by atoms with Gasteiger partial charge in [0.2, 0.25) is 5.91 Å². The maximum Gasteiger partial charge on any atom is 0.518 e. The second-order valence-corrected chi connectivity index (χ2v) is 7.84. The van der Waals surface area contributed by atoms with Crippen LogP contribution in [0.15, 0.2) is 48.8 Å². The summed E-state index contributed by atoms with van der Waals surface area (Å²) in [6.07, 6.45) is 3.08. The monoisotopic (exact) mass is 454 g/mol. The topological polar surface area (TPSA) is 143 Å². The van der Waals surface area contributed by atoms with Gasteiger partial charge in [-0.05, 0) is 30.3 Å². The van der Waals surface area contributed by atoms with E-state index in [0.717, 1.165) is 0 Å². The molecule has 0 atom stereocenters. The summed E-state index contributed by atoms with van der Waals surface area (Å²) in [5.41, 5.74) is 1.07. The first-order valence-corrected chi connectivity index (χ1v) is 10.6. The van der Waals surface area contributed by atoms with Gasteiger partial charge < -0.3 is 19.7 Å². The molecule has 2 aromatic rings. The molecule has 0 bridgehead atoms. The Bertz CT molecular complexity index is 1010. The smallest absolute Gasteiger partial charge is 0.395 e. The number of benzene rings is 1. The fourth-order valence-electron chi connectivity index (χ4n) is 2.05. The minimum Gasteiger partial charge on any atom is -0.395 e. The summed E-state index contributed by atoms with van der Waals surface area (Å²) in [5.74, 6) is -0.0584. The van der Waals surface area contributed by atoms with Gasteiger partial charge in [0.15, 0.2) is 12.4 Å². The SMILES string of the molecule is CC(=O)Nc1ccc(OC(=O)OC[n+]2cccc(C(=O)N(C)C)c2)cc1.CS(=O)(=O)O. The molecule has 31 heavy (non-hydrogen) atoms. The number of hydrogen-bond donors (Lipinski definition) is 2. The lowest BCUT2D eigenvalue weighted by Gasteiger charge is -2.09. The van der Waals surface area contributed by atoms with Gasteiger partial charge in [-0.25, -0.2) is 4.79 Å². The molecule has 0 saturated carbocycles. The molecule has 0 unspecified atom stereocenters. The number of ether oxygens (including phenoxy) is 2. The summed E-state index contributed by atoms with van der Waals surface area (Å²) >= 11 is 0. The molecular formula is C19H24N3O8S+. The van der Waals surface area contributed by atoms with Gasteiger partial charge in [-0.2, -0.15) is 13.0 Å².